The highest BCUT2D eigenvalue weighted by molar-refractivity contribution is 5.94. The van der Waals surface area contributed by atoms with Gasteiger partial charge in [0.25, 0.3) is 5.91 Å². The lowest BCUT2D eigenvalue weighted by atomic mass is 9.98. The number of piperidine rings is 1. The van der Waals surface area contributed by atoms with Crippen molar-refractivity contribution in [1.29, 1.82) is 0 Å². The molecule has 7 nitrogen and oxygen atoms in total. The summed E-state index contributed by atoms with van der Waals surface area (Å²) in [5.74, 6) is 0.884. The Morgan fingerprint density at radius 1 is 1.31 bits per heavy atom. The topological polar surface area (TPSA) is 75.1 Å². The van der Waals surface area contributed by atoms with Crippen LogP contribution < -0.4 is 10.6 Å². The molecule has 1 amide bonds. The molecular formula is C19H28N6O. The van der Waals surface area contributed by atoms with Gasteiger partial charge in [-0.25, -0.2) is 4.98 Å². The zero-order chi connectivity index (χ0) is 18.2. The van der Waals surface area contributed by atoms with Crippen LogP contribution in [0.25, 0.3) is 0 Å². The van der Waals surface area contributed by atoms with E-state index in [9.17, 15) is 4.79 Å². The highest BCUT2D eigenvalue weighted by Gasteiger charge is 2.27. The van der Waals surface area contributed by atoms with Crippen LogP contribution in [0.1, 0.15) is 36.0 Å². The fourth-order valence-electron chi connectivity index (χ4n) is 3.39. The SMILES string of the molecule is CNCCNc1ccc(C(=O)N2CCCC[C@H]2CCn2cccn2)cn1. The van der Waals surface area contributed by atoms with Gasteiger partial charge < -0.3 is 15.5 Å². The van der Waals surface area contributed by atoms with E-state index in [0.29, 0.717) is 5.56 Å². The third kappa shape index (κ3) is 4.82. The standard InChI is InChI=1S/C19H28N6O/c1-20-10-11-21-18-7-6-16(15-22-18)19(26)25-13-3-2-5-17(25)8-14-24-12-4-9-23-24/h4,6-7,9,12,15,17,20H,2-3,5,8,10-11,13-14H2,1H3,(H,21,22)/t17-/m0/s1. The first-order chi connectivity index (χ1) is 12.8. The van der Waals surface area contributed by atoms with Crippen molar-refractivity contribution in [3.63, 3.8) is 0 Å². The highest BCUT2D eigenvalue weighted by atomic mass is 16.2. The minimum absolute atomic E-state index is 0.0874. The highest BCUT2D eigenvalue weighted by Crippen LogP contribution is 2.22. The molecule has 2 aromatic rings. The maximum Gasteiger partial charge on any atom is 0.255 e. The van der Waals surface area contributed by atoms with Crippen LogP contribution in [-0.2, 0) is 6.54 Å². The van der Waals surface area contributed by atoms with Gasteiger partial charge in [-0.3, -0.25) is 9.48 Å². The molecule has 1 saturated heterocycles. The van der Waals surface area contributed by atoms with Crippen LogP contribution in [0.5, 0.6) is 0 Å². The predicted molar refractivity (Wildman–Crippen MR) is 102 cm³/mol. The van der Waals surface area contributed by atoms with Crippen molar-refractivity contribution >= 4 is 11.7 Å². The van der Waals surface area contributed by atoms with Gasteiger partial charge in [0.2, 0.25) is 0 Å². The number of hydrogen-bond donors (Lipinski definition) is 2. The summed E-state index contributed by atoms with van der Waals surface area (Å²) in [6.45, 7) is 3.34. The summed E-state index contributed by atoms with van der Waals surface area (Å²) in [6, 6.07) is 5.96. The third-order valence-corrected chi connectivity index (χ3v) is 4.83. The third-order valence-electron chi connectivity index (χ3n) is 4.83. The van der Waals surface area contributed by atoms with Crippen LogP contribution in [0.15, 0.2) is 36.8 Å². The van der Waals surface area contributed by atoms with Gasteiger partial charge in [-0.2, -0.15) is 5.10 Å². The Bertz CT molecular complexity index is 670. The van der Waals surface area contributed by atoms with Gasteiger partial charge in [-0.1, -0.05) is 0 Å². The van der Waals surface area contributed by atoms with Gasteiger partial charge in [0.05, 0.1) is 5.56 Å². The fraction of sp³-hybridized carbons (Fsp3) is 0.526. The lowest BCUT2D eigenvalue weighted by molar-refractivity contribution is 0.0593. The van der Waals surface area contributed by atoms with Crippen molar-refractivity contribution in [3.8, 4) is 0 Å². The molecule has 2 aromatic heterocycles. The van der Waals surface area contributed by atoms with Gasteiger partial charge in [0, 0.05) is 50.8 Å². The van der Waals surface area contributed by atoms with Crippen LogP contribution in [0, 0.1) is 0 Å². The number of nitrogens with zero attached hydrogens (tertiary/aromatic N) is 4. The van der Waals surface area contributed by atoms with Crippen molar-refractivity contribution in [2.45, 2.75) is 38.3 Å². The number of likely N-dealkylation sites (N-methyl/N-ethyl adjacent to an activating group) is 1. The predicted octanol–water partition coefficient (Wildman–Crippen LogP) is 1.99. The molecule has 2 N–H and O–H groups in total. The first-order valence-corrected chi connectivity index (χ1v) is 9.41. The van der Waals surface area contributed by atoms with E-state index < -0.39 is 0 Å². The number of aromatic nitrogens is 3. The van der Waals surface area contributed by atoms with Crippen LogP contribution >= 0.6 is 0 Å². The first kappa shape index (κ1) is 18.4. The number of rotatable bonds is 8. The summed E-state index contributed by atoms with van der Waals surface area (Å²) in [7, 11) is 1.91. The quantitative estimate of drug-likeness (QED) is 0.708. The molecule has 1 aliphatic rings. The summed E-state index contributed by atoms with van der Waals surface area (Å²) >= 11 is 0. The first-order valence-electron chi connectivity index (χ1n) is 9.41. The van der Waals surface area contributed by atoms with E-state index in [1.165, 1.54) is 6.42 Å². The minimum atomic E-state index is 0.0874. The smallest absolute Gasteiger partial charge is 0.255 e. The Morgan fingerprint density at radius 3 is 2.96 bits per heavy atom. The maximum absolute atomic E-state index is 13.0. The number of hydrogen-bond acceptors (Lipinski definition) is 5. The minimum Gasteiger partial charge on any atom is -0.369 e. The van der Waals surface area contributed by atoms with Crippen molar-refractivity contribution in [1.82, 2.24) is 25.0 Å². The second-order valence-electron chi connectivity index (χ2n) is 6.67. The van der Waals surface area contributed by atoms with Crippen molar-refractivity contribution in [2.24, 2.45) is 0 Å². The Kier molecular flexibility index (Phi) is 6.60. The second-order valence-corrected chi connectivity index (χ2v) is 6.67. The van der Waals surface area contributed by atoms with Crippen LogP contribution in [0.3, 0.4) is 0 Å². The number of carbonyl (C=O) groups excluding carboxylic acids is 1. The number of anilines is 1. The van der Waals surface area contributed by atoms with Crippen molar-refractivity contribution in [2.75, 3.05) is 32.0 Å². The average molecular weight is 356 g/mol. The molecule has 1 fully saturated rings. The Labute approximate surface area is 154 Å². The van der Waals surface area contributed by atoms with E-state index in [-0.39, 0.29) is 11.9 Å². The monoisotopic (exact) mass is 356 g/mol. The molecule has 7 heteroatoms. The normalized spacial score (nSPS) is 17.3. The molecule has 140 valence electrons. The molecule has 0 bridgehead atoms. The Balaban J connectivity index is 1.60. The lowest BCUT2D eigenvalue weighted by Gasteiger charge is -2.36. The zero-order valence-electron chi connectivity index (χ0n) is 15.4. The molecule has 3 rings (SSSR count). The number of likely N-dealkylation sites (tertiary alicyclic amines) is 1. The van der Waals surface area contributed by atoms with E-state index in [4.69, 9.17) is 0 Å². The van der Waals surface area contributed by atoms with E-state index in [1.807, 2.05) is 41.0 Å². The molecule has 0 aliphatic carbocycles. The Hall–Kier alpha value is -2.41. The molecule has 0 spiro atoms. The van der Waals surface area contributed by atoms with E-state index in [0.717, 1.165) is 51.3 Å². The molecule has 26 heavy (non-hydrogen) atoms. The number of amides is 1. The molecule has 0 unspecified atom stereocenters. The number of nitrogens with one attached hydrogen (secondary N) is 2. The molecule has 0 saturated carbocycles. The summed E-state index contributed by atoms with van der Waals surface area (Å²) < 4.78 is 1.93. The van der Waals surface area contributed by atoms with Gasteiger partial charge >= 0.3 is 0 Å². The average Bonchev–Trinajstić information content (AvgIpc) is 3.20. The molecule has 3 heterocycles. The summed E-state index contributed by atoms with van der Waals surface area (Å²) in [4.78, 5) is 19.4. The lowest BCUT2D eigenvalue weighted by Crippen LogP contribution is -2.44. The Morgan fingerprint density at radius 2 is 2.23 bits per heavy atom. The molecule has 0 aromatic carbocycles. The molecule has 1 aliphatic heterocycles. The molecular weight excluding hydrogens is 328 g/mol. The fourth-order valence-corrected chi connectivity index (χ4v) is 3.39. The molecule has 0 radical (unpaired) electrons. The van der Waals surface area contributed by atoms with E-state index in [1.54, 1.807) is 12.4 Å². The van der Waals surface area contributed by atoms with Crippen molar-refractivity contribution < 1.29 is 4.79 Å². The van der Waals surface area contributed by atoms with Gasteiger partial charge in [0.15, 0.2) is 0 Å². The number of aryl methyl sites for hydroxylation is 1. The molecule has 1 atom stereocenters. The summed E-state index contributed by atoms with van der Waals surface area (Å²) in [5.41, 5.74) is 0.662. The summed E-state index contributed by atoms with van der Waals surface area (Å²) in [6.07, 6.45) is 9.69. The van der Waals surface area contributed by atoms with Crippen LogP contribution in [-0.4, -0.2) is 58.3 Å². The van der Waals surface area contributed by atoms with Gasteiger partial charge in [-0.15, -0.1) is 0 Å². The maximum atomic E-state index is 13.0. The summed E-state index contributed by atoms with van der Waals surface area (Å²) in [5, 5.41) is 10.6. The van der Waals surface area contributed by atoms with Crippen LogP contribution in [0.4, 0.5) is 5.82 Å². The van der Waals surface area contributed by atoms with Gasteiger partial charge in [-0.05, 0) is 50.9 Å². The van der Waals surface area contributed by atoms with E-state index in [2.05, 4.69) is 20.7 Å². The second kappa shape index (κ2) is 9.33. The largest absolute Gasteiger partial charge is 0.369 e. The van der Waals surface area contributed by atoms with Crippen molar-refractivity contribution in [3.05, 3.63) is 42.4 Å². The zero-order valence-corrected chi connectivity index (χ0v) is 15.4. The van der Waals surface area contributed by atoms with E-state index >= 15 is 0 Å². The number of pyridine rings is 1. The van der Waals surface area contributed by atoms with Gasteiger partial charge in [0.1, 0.15) is 5.82 Å². The van der Waals surface area contributed by atoms with Crippen LogP contribution in [0.2, 0.25) is 0 Å². The number of carbonyl (C=O) groups is 1.